The first-order valence-corrected chi connectivity index (χ1v) is 5.56. The molecule has 2 aromatic rings. The van der Waals surface area contributed by atoms with Crippen LogP contribution in [0.2, 0.25) is 0 Å². The SMILES string of the molecule is CNCCNc1nc2ccccc2cc1C. The van der Waals surface area contributed by atoms with Gasteiger partial charge < -0.3 is 10.6 Å². The average Bonchev–Trinajstić information content (AvgIpc) is 2.30. The van der Waals surface area contributed by atoms with Crippen LogP contribution in [0.4, 0.5) is 5.82 Å². The van der Waals surface area contributed by atoms with Crippen LogP contribution < -0.4 is 10.6 Å². The first-order chi connectivity index (χ1) is 7.81. The van der Waals surface area contributed by atoms with Crippen LogP contribution in [0.15, 0.2) is 30.3 Å². The first kappa shape index (κ1) is 10.9. The number of rotatable bonds is 4. The van der Waals surface area contributed by atoms with Gasteiger partial charge in [-0.3, -0.25) is 0 Å². The van der Waals surface area contributed by atoms with E-state index in [0.29, 0.717) is 0 Å². The number of likely N-dealkylation sites (N-methyl/N-ethyl adjacent to an activating group) is 1. The highest BCUT2D eigenvalue weighted by Crippen LogP contribution is 2.18. The molecule has 0 unspecified atom stereocenters. The second-order valence-corrected chi connectivity index (χ2v) is 3.88. The van der Waals surface area contributed by atoms with E-state index >= 15 is 0 Å². The molecule has 84 valence electrons. The standard InChI is InChI=1S/C13H17N3/c1-10-9-11-5-3-4-6-12(11)16-13(10)15-8-7-14-2/h3-6,9,14H,7-8H2,1-2H3,(H,15,16). The lowest BCUT2D eigenvalue weighted by Crippen LogP contribution is -2.18. The second-order valence-electron chi connectivity index (χ2n) is 3.88. The highest BCUT2D eigenvalue weighted by atomic mass is 15.0. The number of fused-ring (bicyclic) bond motifs is 1. The number of benzene rings is 1. The normalized spacial score (nSPS) is 10.6. The molecule has 0 saturated carbocycles. The predicted octanol–water partition coefficient (Wildman–Crippen LogP) is 2.17. The number of anilines is 1. The van der Waals surface area contributed by atoms with E-state index in [0.717, 1.165) is 24.4 Å². The van der Waals surface area contributed by atoms with Crippen LogP contribution >= 0.6 is 0 Å². The molecule has 16 heavy (non-hydrogen) atoms. The summed E-state index contributed by atoms with van der Waals surface area (Å²) >= 11 is 0. The second kappa shape index (κ2) is 4.94. The summed E-state index contributed by atoms with van der Waals surface area (Å²) in [7, 11) is 1.95. The van der Waals surface area contributed by atoms with Crippen molar-refractivity contribution < 1.29 is 0 Å². The van der Waals surface area contributed by atoms with Crippen molar-refractivity contribution >= 4 is 16.7 Å². The summed E-state index contributed by atoms with van der Waals surface area (Å²) in [6, 6.07) is 10.4. The van der Waals surface area contributed by atoms with Gasteiger partial charge in [0, 0.05) is 18.5 Å². The number of nitrogens with one attached hydrogen (secondary N) is 2. The van der Waals surface area contributed by atoms with Crippen molar-refractivity contribution in [2.45, 2.75) is 6.92 Å². The number of aromatic nitrogens is 1. The molecule has 0 aliphatic heterocycles. The van der Waals surface area contributed by atoms with Crippen molar-refractivity contribution in [3.63, 3.8) is 0 Å². The fourth-order valence-corrected chi connectivity index (χ4v) is 1.71. The van der Waals surface area contributed by atoms with E-state index in [1.807, 2.05) is 25.2 Å². The van der Waals surface area contributed by atoms with Crippen LogP contribution in [0.3, 0.4) is 0 Å². The van der Waals surface area contributed by atoms with Gasteiger partial charge >= 0.3 is 0 Å². The monoisotopic (exact) mass is 215 g/mol. The maximum absolute atomic E-state index is 4.61. The van der Waals surface area contributed by atoms with Crippen molar-refractivity contribution in [1.82, 2.24) is 10.3 Å². The summed E-state index contributed by atoms with van der Waals surface area (Å²) in [4.78, 5) is 4.61. The molecule has 0 spiro atoms. The van der Waals surface area contributed by atoms with E-state index in [1.165, 1.54) is 10.9 Å². The van der Waals surface area contributed by atoms with Crippen molar-refractivity contribution in [2.24, 2.45) is 0 Å². The Balaban J connectivity index is 2.27. The van der Waals surface area contributed by atoms with Crippen LogP contribution in [0.1, 0.15) is 5.56 Å². The van der Waals surface area contributed by atoms with Gasteiger partial charge in [-0.25, -0.2) is 4.98 Å². The number of pyridine rings is 1. The van der Waals surface area contributed by atoms with E-state index in [1.54, 1.807) is 0 Å². The van der Waals surface area contributed by atoms with E-state index in [9.17, 15) is 0 Å². The van der Waals surface area contributed by atoms with Gasteiger partial charge in [0.25, 0.3) is 0 Å². The molecule has 2 N–H and O–H groups in total. The van der Waals surface area contributed by atoms with Gasteiger partial charge in [0.05, 0.1) is 5.52 Å². The molecule has 0 saturated heterocycles. The van der Waals surface area contributed by atoms with E-state index < -0.39 is 0 Å². The minimum absolute atomic E-state index is 0.892. The van der Waals surface area contributed by atoms with Crippen molar-refractivity contribution in [3.05, 3.63) is 35.9 Å². The molecule has 0 aliphatic carbocycles. The third-order valence-electron chi connectivity index (χ3n) is 2.58. The van der Waals surface area contributed by atoms with Gasteiger partial charge in [0.2, 0.25) is 0 Å². The molecule has 0 amide bonds. The lowest BCUT2D eigenvalue weighted by atomic mass is 10.1. The topological polar surface area (TPSA) is 37.0 Å². The first-order valence-electron chi connectivity index (χ1n) is 5.56. The zero-order valence-corrected chi connectivity index (χ0v) is 9.75. The molecule has 3 heteroatoms. The van der Waals surface area contributed by atoms with Gasteiger partial charge in [-0.15, -0.1) is 0 Å². The van der Waals surface area contributed by atoms with Gasteiger partial charge in [0.1, 0.15) is 5.82 Å². The maximum Gasteiger partial charge on any atom is 0.129 e. The number of hydrogen-bond donors (Lipinski definition) is 2. The van der Waals surface area contributed by atoms with Crippen LogP contribution in [0.25, 0.3) is 10.9 Å². The summed E-state index contributed by atoms with van der Waals surface area (Å²) < 4.78 is 0. The summed E-state index contributed by atoms with van der Waals surface area (Å²) in [5, 5.41) is 7.63. The number of para-hydroxylation sites is 1. The Kier molecular flexibility index (Phi) is 3.37. The molecule has 0 radical (unpaired) electrons. The molecule has 2 rings (SSSR count). The smallest absolute Gasteiger partial charge is 0.129 e. The van der Waals surface area contributed by atoms with Gasteiger partial charge in [0.15, 0.2) is 0 Å². The van der Waals surface area contributed by atoms with Crippen molar-refractivity contribution in [2.75, 3.05) is 25.5 Å². The Bertz CT molecular complexity index is 480. The molecule has 0 aliphatic rings. The molecule has 0 atom stereocenters. The zero-order valence-electron chi connectivity index (χ0n) is 9.75. The Morgan fingerprint density at radius 3 is 2.81 bits per heavy atom. The number of nitrogens with zero attached hydrogens (tertiary/aromatic N) is 1. The van der Waals surface area contributed by atoms with Crippen LogP contribution in [-0.2, 0) is 0 Å². The summed E-state index contributed by atoms with van der Waals surface area (Å²) in [6.07, 6.45) is 0. The molecular formula is C13H17N3. The van der Waals surface area contributed by atoms with Crippen molar-refractivity contribution in [1.29, 1.82) is 0 Å². The van der Waals surface area contributed by atoms with Crippen LogP contribution in [-0.4, -0.2) is 25.1 Å². The Morgan fingerprint density at radius 1 is 1.19 bits per heavy atom. The zero-order chi connectivity index (χ0) is 11.4. The van der Waals surface area contributed by atoms with E-state index in [2.05, 4.69) is 34.7 Å². The highest BCUT2D eigenvalue weighted by Gasteiger charge is 2.01. The van der Waals surface area contributed by atoms with Gasteiger partial charge in [-0.1, -0.05) is 18.2 Å². The van der Waals surface area contributed by atoms with E-state index in [-0.39, 0.29) is 0 Å². The molecule has 1 aromatic carbocycles. The number of hydrogen-bond acceptors (Lipinski definition) is 3. The lowest BCUT2D eigenvalue weighted by molar-refractivity contribution is 0.821. The Hall–Kier alpha value is -1.61. The maximum atomic E-state index is 4.61. The van der Waals surface area contributed by atoms with E-state index in [4.69, 9.17) is 0 Å². The summed E-state index contributed by atoms with van der Waals surface area (Å²) in [5.74, 6) is 0.981. The molecule has 1 heterocycles. The third-order valence-corrected chi connectivity index (χ3v) is 2.58. The van der Waals surface area contributed by atoms with Gasteiger partial charge in [-0.2, -0.15) is 0 Å². The number of aryl methyl sites for hydroxylation is 1. The van der Waals surface area contributed by atoms with Crippen molar-refractivity contribution in [3.8, 4) is 0 Å². The fourth-order valence-electron chi connectivity index (χ4n) is 1.71. The Labute approximate surface area is 95.9 Å². The van der Waals surface area contributed by atoms with Gasteiger partial charge in [-0.05, 0) is 31.7 Å². The largest absolute Gasteiger partial charge is 0.369 e. The molecule has 0 fully saturated rings. The van der Waals surface area contributed by atoms with Crippen LogP contribution in [0.5, 0.6) is 0 Å². The minimum Gasteiger partial charge on any atom is -0.369 e. The molecular weight excluding hydrogens is 198 g/mol. The third kappa shape index (κ3) is 2.31. The Morgan fingerprint density at radius 2 is 2.00 bits per heavy atom. The summed E-state index contributed by atoms with van der Waals surface area (Å²) in [6.45, 7) is 3.91. The highest BCUT2D eigenvalue weighted by molar-refractivity contribution is 5.81. The quantitative estimate of drug-likeness (QED) is 0.767. The fraction of sp³-hybridized carbons (Fsp3) is 0.308. The molecule has 1 aromatic heterocycles. The lowest BCUT2D eigenvalue weighted by Gasteiger charge is -2.09. The summed E-state index contributed by atoms with van der Waals surface area (Å²) in [5.41, 5.74) is 2.23. The molecule has 0 bridgehead atoms. The van der Waals surface area contributed by atoms with Crippen LogP contribution in [0, 0.1) is 6.92 Å². The average molecular weight is 215 g/mol. The predicted molar refractivity (Wildman–Crippen MR) is 68.9 cm³/mol. The minimum atomic E-state index is 0.892. The molecule has 3 nitrogen and oxygen atoms in total.